The van der Waals surface area contributed by atoms with Crippen LogP contribution in [0.5, 0.6) is 11.5 Å². The number of tetrazole rings is 1. The molecule has 0 atom stereocenters. The molecule has 0 saturated carbocycles. The number of hydrogen-bond donors (Lipinski definition) is 1. The number of carbonyl (C=O) groups excluding carboxylic acids is 1. The first-order chi connectivity index (χ1) is 11.2. The molecule has 0 fully saturated rings. The van der Waals surface area contributed by atoms with Crippen molar-refractivity contribution < 1.29 is 14.3 Å². The number of ether oxygens (including phenoxy) is 2. The van der Waals surface area contributed by atoms with Crippen molar-refractivity contribution in [3.8, 4) is 11.5 Å². The summed E-state index contributed by atoms with van der Waals surface area (Å²) in [7, 11) is 3.14. The van der Waals surface area contributed by atoms with E-state index in [-0.39, 0.29) is 5.91 Å². The van der Waals surface area contributed by atoms with Crippen LogP contribution in [0.4, 0.5) is 0 Å². The molecule has 0 aliphatic carbocycles. The van der Waals surface area contributed by atoms with Crippen LogP contribution in [-0.4, -0.2) is 40.2 Å². The summed E-state index contributed by atoms with van der Waals surface area (Å²) in [6, 6.07) is 8.79. The highest BCUT2D eigenvalue weighted by Gasteiger charge is 2.12. The number of fused-ring (bicyclic) bond motifs is 1. The standard InChI is InChI=1S/C15H15N5O3/c1-22-12-5-3-4-11(14(12)23-2)9-16-15(21)10-6-7-20-13(8-10)17-18-19-20/h3-8H,9H2,1-2H3,(H,16,21). The maximum atomic E-state index is 12.3. The average Bonchev–Trinajstić information content (AvgIpc) is 3.06. The molecular weight excluding hydrogens is 298 g/mol. The number of rotatable bonds is 5. The number of nitrogens with one attached hydrogen (secondary N) is 1. The molecule has 8 nitrogen and oxygen atoms in total. The zero-order chi connectivity index (χ0) is 16.2. The minimum atomic E-state index is -0.222. The predicted octanol–water partition coefficient (Wildman–Crippen LogP) is 1.07. The number of pyridine rings is 1. The zero-order valence-electron chi connectivity index (χ0n) is 12.7. The van der Waals surface area contributed by atoms with Crippen molar-refractivity contribution in [3.05, 3.63) is 47.7 Å². The molecule has 1 aromatic carbocycles. The summed E-state index contributed by atoms with van der Waals surface area (Å²) in [5.41, 5.74) is 1.82. The highest BCUT2D eigenvalue weighted by molar-refractivity contribution is 5.94. The Labute approximate surface area is 132 Å². The molecule has 0 bridgehead atoms. The van der Waals surface area contributed by atoms with Gasteiger partial charge in [0.05, 0.1) is 14.2 Å². The van der Waals surface area contributed by atoms with Gasteiger partial charge in [-0.3, -0.25) is 4.79 Å². The molecule has 0 radical (unpaired) electrons. The van der Waals surface area contributed by atoms with Gasteiger partial charge in [-0.2, -0.15) is 0 Å². The van der Waals surface area contributed by atoms with Crippen molar-refractivity contribution in [2.45, 2.75) is 6.54 Å². The molecule has 0 saturated heterocycles. The number of aromatic nitrogens is 4. The fraction of sp³-hybridized carbons (Fsp3) is 0.200. The molecule has 0 aliphatic rings. The van der Waals surface area contributed by atoms with Gasteiger partial charge in [0.25, 0.3) is 5.91 Å². The summed E-state index contributed by atoms with van der Waals surface area (Å²) >= 11 is 0. The molecule has 2 heterocycles. The Bertz CT molecular complexity index is 846. The molecule has 3 aromatic rings. The minimum absolute atomic E-state index is 0.222. The molecule has 1 N–H and O–H groups in total. The Kier molecular flexibility index (Phi) is 4.05. The lowest BCUT2D eigenvalue weighted by molar-refractivity contribution is 0.0950. The van der Waals surface area contributed by atoms with Gasteiger partial charge in [-0.25, -0.2) is 4.52 Å². The molecule has 0 unspecified atom stereocenters. The molecule has 8 heteroatoms. The number of nitrogens with zero attached hydrogens (tertiary/aromatic N) is 4. The van der Waals surface area contributed by atoms with Crippen molar-refractivity contribution >= 4 is 11.6 Å². The third kappa shape index (κ3) is 2.91. The fourth-order valence-corrected chi connectivity index (χ4v) is 2.25. The Morgan fingerprint density at radius 2 is 2.13 bits per heavy atom. The summed E-state index contributed by atoms with van der Waals surface area (Å²) in [5, 5.41) is 13.9. The topological polar surface area (TPSA) is 90.6 Å². The second-order valence-corrected chi connectivity index (χ2v) is 4.73. The molecule has 3 rings (SSSR count). The van der Waals surface area contributed by atoms with E-state index in [2.05, 4.69) is 20.8 Å². The van der Waals surface area contributed by atoms with Gasteiger partial charge in [0.2, 0.25) is 0 Å². The number of benzene rings is 1. The van der Waals surface area contributed by atoms with Gasteiger partial charge < -0.3 is 14.8 Å². The van der Waals surface area contributed by atoms with Crippen LogP contribution >= 0.6 is 0 Å². The van der Waals surface area contributed by atoms with Gasteiger partial charge in [0.1, 0.15) is 0 Å². The van der Waals surface area contributed by atoms with E-state index < -0.39 is 0 Å². The van der Waals surface area contributed by atoms with E-state index in [1.165, 1.54) is 4.52 Å². The van der Waals surface area contributed by atoms with Crippen LogP contribution in [-0.2, 0) is 6.54 Å². The molecule has 118 valence electrons. The highest BCUT2D eigenvalue weighted by Crippen LogP contribution is 2.30. The van der Waals surface area contributed by atoms with E-state index in [0.29, 0.717) is 29.3 Å². The monoisotopic (exact) mass is 313 g/mol. The fourth-order valence-electron chi connectivity index (χ4n) is 2.25. The van der Waals surface area contributed by atoms with E-state index in [9.17, 15) is 4.79 Å². The number of amides is 1. The quantitative estimate of drug-likeness (QED) is 0.758. The normalized spacial score (nSPS) is 10.5. The maximum absolute atomic E-state index is 12.3. The summed E-state index contributed by atoms with van der Waals surface area (Å²) in [5.74, 6) is 1.00. The van der Waals surface area contributed by atoms with Crippen molar-refractivity contribution in [3.63, 3.8) is 0 Å². The Morgan fingerprint density at radius 3 is 2.91 bits per heavy atom. The first-order valence-electron chi connectivity index (χ1n) is 6.88. The Morgan fingerprint density at radius 1 is 1.26 bits per heavy atom. The van der Waals surface area contributed by atoms with Crippen LogP contribution in [0.2, 0.25) is 0 Å². The number of methoxy groups -OCH3 is 2. The number of hydrogen-bond acceptors (Lipinski definition) is 6. The largest absolute Gasteiger partial charge is 0.493 e. The van der Waals surface area contributed by atoms with E-state index in [1.807, 2.05) is 12.1 Å². The van der Waals surface area contributed by atoms with Crippen LogP contribution < -0.4 is 14.8 Å². The zero-order valence-corrected chi connectivity index (χ0v) is 12.7. The van der Waals surface area contributed by atoms with Gasteiger partial charge in [0.15, 0.2) is 17.1 Å². The third-order valence-electron chi connectivity index (χ3n) is 3.38. The first kappa shape index (κ1) is 14.8. The summed E-state index contributed by atoms with van der Waals surface area (Å²) < 4.78 is 12.1. The SMILES string of the molecule is COc1cccc(CNC(=O)c2ccn3nnnc3c2)c1OC. The van der Waals surface area contributed by atoms with Gasteiger partial charge in [-0.05, 0) is 28.6 Å². The summed E-state index contributed by atoms with van der Waals surface area (Å²) in [6.45, 7) is 0.315. The Balaban J connectivity index is 1.76. The predicted molar refractivity (Wildman–Crippen MR) is 81.5 cm³/mol. The molecule has 0 aliphatic heterocycles. The third-order valence-corrected chi connectivity index (χ3v) is 3.38. The maximum Gasteiger partial charge on any atom is 0.251 e. The van der Waals surface area contributed by atoms with Crippen LogP contribution in [0.15, 0.2) is 36.5 Å². The minimum Gasteiger partial charge on any atom is -0.493 e. The number of para-hydroxylation sites is 1. The van der Waals surface area contributed by atoms with E-state index >= 15 is 0 Å². The highest BCUT2D eigenvalue weighted by atomic mass is 16.5. The first-order valence-corrected chi connectivity index (χ1v) is 6.88. The van der Waals surface area contributed by atoms with Gasteiger partial charge in [-0.1, -0.05) is 12.1 Å². The van der Waals surface area contributed by atoms with Gasteiger partial charge in [0, 0.05) is 23.9 Å². The molecule has 1 amide bonds. The molecule has 2 aromatic heterocycles. The van der Waals surface area contributed by atoms with E-state index in [1.54, 1.807) is 38.6 Å². The van der Waals surface area contributed by atoms with Crippen LogP contribution in [0, 0.1) is 0 Å². The van der Waals surface area contributed by atoms with Crippen LogP contribution in [0.25, 0.3) is 5.65 Å². The van der Waals surface area contributed by atoms with Crippen molar-refractivity contribution in [1.82, 2.24) is 25.4 Å². The molecule has 0 spiro atoms. The second-order valence-electron chi connectivity index (χ2n) is 4.73. The van der Waals surface area contributed by atoms with Crippen molar-refractivity contribution in [1.29, 1.82) is 0 Å². The lowest BCUT2D eigenvalue weighted by atomic mass is 10.1. The smallest absolute Gasteiger partial charge is 0.251 e. The van der Waals surface area contributed by atoms with E-state index in [4.69, 9.17) is 9.47 Å². The van der Waals surface area contributed by atoms with Crippen LogP contribution in [0.1, 0.15) is 15.9 Å². The molecular formula is C15H15N5O3. The summed E-state index contributed by atoms with van der Waals surface area (Å²) in [4.78, 5) is 12.3. The van der Waals surface area contributed by atoms with E-state index in [0.717, 1.165) is 5.56 Å². The summed E-state index contributed by atoms with van der Waals surface area (Å²) in [6.07, 6.45) is 1.64. The van der Waals surface area contributed by atoms with Crippen LogP contribution in [0.3, 0.4) is 0 Å². The lowest BCUT2D eigenvalue weighted by Gasteiger charge is -2.13. The van der Waals surface area contributed by atoms with Crippen molar-refractivity contribution in [2.24, 2.45) is 0 Å². The molecule has 23 heavy (non-hydrogen) atoms. The van der Waals surface area contributed by atoms with Gasteiger partial charge >= 0.3 is 0 Å². The Hall–Kier alpha value is -3.16. The number of carbonyl (C=O) groups is 1. The average molecular weight is 313 g/mol. The van der Waals surface area contributed by atoms with Gasteiger partial charge in [-0.15, -0.1) is 5.10 Å². The van der Waals surface area contributed by atoms with Crippen molar-refractivity contribution in [2.75, 3.05) is 14.2 Å². The second kappa shape index (κ2) is 6.30. The lowest BCUT2D eigenvalue weighted by Crippen LogP contribution is -2.23.